The summed E-state index contributed by atoms with van der Waals surface area (Å²) in [4.78, 5) is 11.5. The van der Waals surface area contributed by atoms with Crippen LogP contribution < -0.4 is 5.73 Å². The maximum atomic E-state index is 11.5. The van der Waals surface area contributed by atoms with Crippen LogP contribution >= 0.6 is 0 Å². The van der Waals surface area contributed by atoms with Crippen LogP contribution in [0, 0.1) is 0 Å². The van der Waals surface area contributed by atoms with E-state index in [9.17, 15) is 4.79 Å². The zero-order chi connectivity index (χ0) is 12.7. The molecule has 0 aliphatic heterocycles. The van der Waals surface area contributed by atoms with Crippen LogP contribution in [0.1, 0.15) is 10.4 Å². The Balaban J connectivity index is 2.36. The molecule has 1 aromatic heterocycles. The van der Waals surface area contributed by atoms with E-state index in [0.717, 1.165) is 16.4 Å². The number of hydrogen-bond acceptors (Lipinski definition) is 4. The van der Waals surface area contributed by atoms with Gasteiger partial charge in [-0.15, -0.1) is 0 Å². The number of anilines is 1. The Bertz CT molecular complexity index is 758. The first-order chi connectivity index (χ1) is 8.70. The number of esters is 1. The molecule has 90 valence electrons. The van der Waals surface area contributed by atoms with Crippen molar-refractivity contribution in [3.05, 3.63) is 42.0 Å². The summed E-state index contributed by atoms with van der Waals surface area (Å²) in [5.41, 5.74) is 7.99. The molecule has 4 nitrogen and oxygen atoms in total. The molecule has 0 spiro atoms. The highest BCUT2D eigenvalue weighted by Crippen LogP contribution is 2.31. The number of rotatable bonds is 1. The van der Waals surface area contributed by atoms with Gasteiger partial charge in [-0.25, -0.2) is 4.79 Å². The smallest absolute Gasteiger partial charge is 0.340 e. The molecule has 0 aliphatic rings. The fourth-order valence-electron chi connectivity index (χ4n) is 2.07. The first-order valence-electron chi connectivity index (χ1n) is 5.50. The number of furan rings is 1. The van der Waals surface area contributed by atoms with Gasteiger partial charge in [0.1, 0.15) is 11.2 Å². The van der Waals surface area contributed by atoms with Gasteiger partial charge < -0.3 is 14.9 Å². The van der Waals surface area contributed by atoms with Gasteiger partial charge in [-0.05, 0) is 18.2 Å². The van der Waals surface area contributed by atoms with Crippen molar-refractivity contribution >= 4 is 33.6 Å². The summed E-state index contributed by atoms with van der Waals surface area (Å²) in [7, 11) is 1.32. The molecule has 3 rings (SSSR count). The minimum Gasteiger partial charge on any atom is -0.465 e. The molecular formula is C14H11NO3. The fourth-order valence-corrected chi connectivity index (χ4v) is 2.07. The highest BCUT2D eigenvalue weighted by atomic mass is 16.5. The Morgan fingerprint density at radius 3 is 2.72 bits per heavy atom. The standard InChI is InChI=1S/C14H11NO3/c1-17-14(16)10-7-13-9(6-11(10)15)8-4-2-3-5-12(8)18-13/h2-7H,15H2,1H3. The third-order valence-corrected chi connectivity index (χ3v) is 2.95. The van der Waals surface area contributed by atoms with Gasteiger partial charge in [0.2, 0.25) is 0 Å². The van der Waals surface area contributed by atoms with E-state index in [2.05, 4.69) is 4.74 Å². The summed E-state index contributed by atoms with van der Waals surface area (Å²) in [6.07, 6.45) is 0. The number of ether oxygens (including phenoxy) is 1. The molecule has 0 saturated carbocycles. The molecule has 2 aromatic carbocycles. The summed E-state index contributed by atoms with van der Waals surface area (Å²) in [6.45, 7) is 0. The summed E-state index contributed by atoms with van der Waals surface area (Å²) in [6, 6.07) is 11.0. The number of para-hydroxylation sites is 1. The zero-order valence-corrected chi connectivity index (χ0v) is 9.77. The minimum atomic E-state index is -0.463. The predicted molar refractivity (Wildman–Crippen MR) is 69.5 cm³/mol. The summed E-state index contributed by atoms with van der Waals surface area (Å²) < 4.78 is 10.4. The molecule has 2 N–H and O–H groups in total. The molecule has 0 radical (unpaired) electrons. The largest absolute Gasteiger partial charge is 0.465 e. The van der Waals surface area contributed by atoms with Crippen LogP contribution in [0.3, 0.4) is 0 Å². The molecule has 0 bridgehead atoms. The topological polar surface area (TPSA) is 65.5 Å². The molecule has 1 heterocycles. The van der Waals surface area contributed by atoms with Crippen LogP contribution in [0.15, 0.2) is 40.8 Å². The molecule has 0 amide bonds. The SMILES string of the molecule is COC(=O)c1cc2oc3ccccc3c2cc1N. The average Bonchev–Trinajstić information content (AvgIpc) is 2.75. The molecule has 4 heteroatoms. The van der Waals surface area contributed by atoms with Crippen molar-refractivity contribution in [1.29, 1.82) is 0 Å². The maximum Gasteiger partial charge on any atom is 0.340 e. The Morgan fingerprint density at radius 2 is 1.94 bits per heavy atom. The predicted octanol–water partition coefficient (Wildman–Crippen LogP) is 2.95. The zero-order valence-electron chi connectivity index (χ0n) is 9.77. The highest BCUT2D eigenvalue weighted by Gasteiger charge is 2.14. The van der Waals surface area contributed by atoms with Crippen molar-refractivity contribution in [2.24, 2.45) is 0 Å². The Labute approximate surface area is 103 Å². The number of fused-ring (bicyclic) bond motifs is 3. The number of carbonyl (C=O) groups is 1. The van der Waals surface area contributed by atoms with E-state index in [1.165, 1.54) is 7.11 Å². The van der Waals surface area contributed by atoms with Crippen LogP contribution in [-0.2, 0) is 4.74 Å². The monoisotopic (exact) mass is 241 g/mol. The van der Waals surface area contributed by atoms with E-state index in [-0.39, 0.29) is 0 Å². The van der Waals surface area contributed by atoms with Gasteiger partial charge in [-0.3, -0.25) is 0 Å². The average molecular weight is 241 g/mol. The molecule has 0 atom stereocenters. The van der Waals surface area contributed by atoms with Gasteiger partial charge in [-0.2, -0.15) is 0 Å². The van der Waals surface area contributed by atoms with Gasteiger partial charge in [0.25, 0.3) is 0 Å². The lowest BCUT2D eigenvalue weighted by Gasteiger charge is -2.02. The van der Waals surface area contributed by atoms with Gasteiger partial charge in [0.15, 0.2) is 0 Å². The number of carbonyl (C=O) groups excluding carboxylic acids is 1. The first-order valence-corrected chi connectivity index (χ1v) is 5.50. The lowest BCUT2D eigenvalue weighted by Crippen LogP contribution is -2.05. The van der Waals surface area contributed by atoms with E-state index in [1.807, 2.05) is 24.3 Å². The quantitative estimate of drug-likeness (QED) is 0.525. The number of hydrogen-bond donors (Lipinski definition) is 1. The van der Waals surface area contributed by atoms with Crippen molar-refractivity contribution in [2.45, 2.75) is 0 Å². The van der Waals surface area contributed by atoms with Crippen molar-refractivity contribution in [1.82, 2.24) is 0 Å². The van der Waals surface area contributed by atoms with Crippen LogP contribution in [-0.4, -0.2) is 13.1 Å². The normalized spacial score (nSPS) is 10.9. The van der Waals surface area contributed by atoms with Crippen molar-refractivity contribution in [2.75, 3.05) is 12.8 Å². The molecule has 0 unspecified atom stereocenters. The molecule has 18 heavy (non-hydrogen) atoms. The van der Waals surface area contributed by atoms with Crippen LogP contribution in [0.2, 0.25) is 0 Å². The number of nitrogens with two attached hydrogens (primary N) is 1. The molecule has 0 saturated heterocycles. The first kappa shape index (κ1) is 10.7. The van der Waals surface area contributed by atoms with E-state index < -0.39 is 5.97 Å². The lowest BCUT2D eigenvalue weighted by molar-refractivity contribution is 0.0602. The van der Waals surface area contributed by atoms with Crippen molar-refractivity contribution in [3.8, 4) is 0 Å². The third kappa shape index (κ3) is 1.43. The summed E-state index contributed by atoms with van der Waals surface area (Å²) >= 11 is 0. The molecule has 0 aliphatic carbocycles. The van der Waals surface area contributed by atoms with Gasteiger partial charge in [0.05, 0.1) is 12.7 Å². The molecule has 3 aromatic rings. The third-order valence-electron chi connectivity index (χ3n) is 2.95. The summed E-state index contributed by atoms with van der Waals surface area (Å²) in [5.74, 6) is -0.463. The Hall–Kier alpha value is -2.49. The Kier molecular flexibility index (Phi) is 2.23. The molecule has 0 fully saturated rings. The van der Waals surface area contributed by atoms with Crippen LogP contribution in [0.5, 0.6) is 0 Å². The van der Waals surface area contributed by atoms with Crippen molar-refractivity contribution < 1.29 is 13.9 Å². The fraction of sp³-hybridized carbons (Fsp3) is 0.0714. The van der Waals surface area contributed by atoms with Gasteiger partial charge >= 0.3 is 5.97 Å². The highest BCUT2D eigenvalue weighted by molar-refractivity contribution is 6.09. The van der Waals surface area contributed by atoms with E-state index in [0.29, 0.717) is 16.8 Å². The van der Waals surface area contributed by atoms with Gasteiger partial charge in [-0.1, -0.05) is 18.2 Å². The number of benzene rings is 2. The number of nitrogen functional groups attached to an aromatic ring is 1. The van der Waals surface area contributed by atoms with Crippen LogP contribution in [0.25, 0.3) is 21.9 Å². The van der Waals surface area contributed by atoms with Gasteiger partial charge in [0, 0.05) is 16.5 Å². The van der Waals surface area contributed by atoms with E-state index in [1.54, 1.807) is 12.1 Å². The lowest BCUT2D eigenvalue weighted by atomic mass is 10.1. The second kappa shape index (κ2) is 3.77. The van der Waals surface area contributed by atoms with E-state index >= 15 is 0 Å². The Morgan fingerprint density at radius 1 is 1.17 bits per heavy atom. The van der Waals surface area contributed by atoms with E-state index in [4.69, 9.17) is 10.2 Å². The maximum absolute atomic E-state index is 11.5. The van der Waals surface area contributed by atoms with Crippen molar-refractivity contribution in [3.63, 3.8) is 0 Å². The second-order valence-corrected chi connectivity index (χ2v) is 4.03. The molecular weight excluding hydrogens is 230 g/mol. The van der Waals surface area contributed by atoms with Crippen LogP contribution in [0.4, 0.5) is 5.69 Å². The summed E-state index contributed by atoms with van der Waals surface area (Å²) in [5, 5.41) is 1.88. The minimum absolute atomic E-state index is 0.323. The second-order valence-electron chi connectivity index (χ2n) is 4.03. The number of methoxy groups -OCH3 is 1.